The van der Waals surface area contributed by atoms with E-state index in [-0.39, 0.29) is 35.5 Å². The highest BCUT2D eigenvalue weighted by atomic mass is 127. The van der Waals surface area contributed by atoms with Gasteiger partial charge in [-0.05, 0) is 37.2 Å². The molecular weight excluding hydrogens is 508 g/mol. The minimum Gasteiger partial charge on any atom is -0.355 e. The van der Waals surface area contributed by atoms with Gasteiger partial charge in [-0.15, -0.1) is 24.0 Å². The molecule has 0 aliphatic carbocycles. The van der Waals surface area contributed by atoms with E-state index in [0.29, 0.717) is 29.7 Å². The van der Waals surface area contributed by atoms with Crippen LogP contribution in [-0.2, 0) is 22.1 Å². The lowest BCUT2D eigenvalue weighted by atomic mass is 10.1. The number of nitrogens with zero attached hydrogens (tertiary/aromatic N) is 3. The zero-order valence-corrected chi connectivity index (χ0v) is 20.8. The number of halogens is 2. The molecule has 1 heterocycles. The van der Waals surface area contributed by atoms with Gasteiger partial charge >= 0.3 is 0 Å². The molecule has 1 aliphatic heterocycles. The monoisotopic (exact) mass is 541 g/mol. The topological polar surface area (TPSA) is 77.0 Å². The van der Waals surface area contributed by atoms with Crippen LogP contribution >= 0.6 is 24.0 Å². The Morgan fingerprint density at radius 1 is 1.21 bits per heavy atom. The van der Waals surface area contributed by atoms with E-state index in [4.69, 9.17) is 0 Å². The first kappa shape index (κ1) is 26.1. The second kappa shape index (κ2) is 12.0. The van der Waals surface area contributed by atoms with Crippen LogP contribution in [0.25, 0.3) is 0 Å². The molecule has 1 fully saturated rings. The van der Waals surface area contributed by atoms with E-state index in [2.05, 4.69) is 39.4 Å². The Morgan fingerprint density at radius 2 is 1.86 bits per heavy atom. The van der Waals surface area contributed by atoms with Gasteiger partial charge in [0, 0.05) is 58.6 Å². The van der Waals surface area contributed by atoms with Gasteiger partial charge in [-0.25, -0.2) is 12.8 Å². The number of piperazine rings is 1. The van der Waals surface area contributed by atoms with E-state index in [0.717, 1.165) is 32.7 Å². The molecule has 7 nitrogen and oxygen atoms in total. The lowest BCUT2D eigenvalue weighted by Gasteiger charge is -2.36. The van der Waals surface area contributed by atoms with E-state index >= 15 is 0 Å². The Kier molecular flexibility index (Phi) is 10.8. The quantitative estimate of drug-likeness (QED) is 0.308. The molecule has 10 heteroatoms. The Hall–Kier alpha value is -0.980. The van der Waals surface area contributed by atoms with Gasteiger partial charge in [0.15, 0.2) is 15.8 Å². The average Bonchev–Trinajstić information content (AvgIpc) is 2.63. The van der Waals surface area contributed by atoms with Crippen LogP contribution in [0.2, 0.25) is 0 Å². The highest BCUT2D eigenvalue weighted by Gasteiger charge is 2.19. The zero-order chi connectivity index (χ0) is 20.7. The van der Waals surface area contributed by atoms with Crippen LogP contribution in [0, 0.1) is 5.82 Å². The number of likely N-dealkylation sites (N-methyl/N-ethyl adjacent to an activating group) is 1. The fourth-order valence-corrected chi connectivity index (χ4v) is 4.06. The van der Waals surface area contributed by atoms with Crippen molar-refractivity contribution in [1.82, 2.24) is 20.4 Å². The summed E-state index contributed by atoms with van der Waals surface area (Å²) in [6, 6.07) is 4.55. The molecule has 0 spiro atoms. The molecular formula is C19H33FIN5O2S. The van der Waals surface area contributed by atoms with Crippen LogP contribution in [0.1, 0.15) is 18.1 Å². The second-order valence-electron chi connectivity index (χ2n) is 7.48. The third-order valence-electron chi connectivity index (χ3n) is 4.98. The van der Waals surface area contributed by atoms with E-state index in [1.807, 2.05) is 0 Å². The molecule has 2 rings (SSSR count). The van der Waals surface area contributed by atoms with Gasteiger partial charge < -0.3 is 15.5 Å². The minimum atomic E-state index is -3.20. The summed E-state index contributed by atoms with van der Waals surface area (Å²) in [5.74, 6) is 0.104. The van der Waals surface area contributed by atoms with Crippen molar-refractivity contribution in [2.24, 2.45) is 4.99 Å². The van der Waals surface area contributed by atoms with Gasteiger partial charge in [-0.1, -0.05) is 6.07 Å². The summed E-state index contributed by atoms with van der Waals surface area (Å²) in [4.78, 5) is 8.98. The van der Waals surface area contributed by atoms with Crippen LogP contribution < -0.4 is 10.6 Å². The largest absolute Gasteiger partial charge is 0.355 e. The molecule has 1 aromatic rings. The Balaban J connectivity index is 0.00000420. The van der Waals surface area contributed by atoms with Crippen LogP contribution in [0.4, 0.5) is 4.39 Å². The van der Waals surface area contributed by atoms with E-state index < -0.39 is 9.84 Å². The lowest BCUT2D eigenvalue weighted by molar-refractivity contribution is 0.120. The average molecular weight is 541 g/mol. The zero-order valence-electron chi connectivity index (χ0n) is 17.6. The number of aliphatic imine (C=N–C) groups is 1. The summed E-state index contributed by atoms with van der Waals surface area (Å²) in [5, 5.41) is 6.46. The maximum absolute atomic E-state index is 13.6. The molecule has 166 valence electrons. The molecule has 29 heavy (non-hydrogen) atoms. The SMILES string of the molecule is CN=C(NCc1cc(F)ccc1CS(C)(=O)=O)NCC(C)N1CCN(C)CC1.I. The van der Waals surface area contributed by atoms with Crippen molar-refractivity contribution in [3.05, 3.63) is 35.1 Å². The van der Waals surface area contributed by atoms with Gasteiger partial charge in [0.05, 0.1) is 5.75 Å². The molecule has 0 radical (unpaired) electrons. The molecule has 1 aliphatic rings. The highest BCUT2D eigenvalue weighted by molar-refractivity contribution is 14.0. The molecule has 0 aromatic heterocycles. The number of guanidine groups is 1. The predicted octanol–water partition coefficient (Wildman–Crippen LogP) is 1.29. The normalized spacial score (nSPS) is 17.5. The first-order chi connectivity index (χ1) is 13.2. The maximum atomic E-state index is 13.6. The van der Waals surface area contributed by atoms with Crippen LogP contribution in [0.5, 0.6) is 0 Å². The number of sulfone groups is 1. The van der Waals surface area contributed by atoms with Gasteiger partial charge in [-0.3, -0.25) is 9.89 Å². The lowest BCUT2D eigenvalue weighted by Crippen LogP contribution is -2.52. The number of rotatable bonds is 7. The molecule has 0 bridgehead atoms. The first-order valence-corrected chi connectivity index (χ1v) is 11.6. The summed E-state index contributed by atoms with van der Waals surface area (Å²) in [5.41, 5.74) is 1.21. The number of hydrogen-bond acceptors (Lipinski definition) is 5. The first-order valence-electron chi connectivity index (χ1n) is 9.50. The molecule has 0 amide bonds. The van der Waals surface area contributed by atoms with Crippen LogP contribution in [0.3, 0.4) is 0 Å². The Bertz CT molecular complexity index is 783. The van der Waals surface area contributed by atoms with Crippen molar-refractivity contribution >= 4 is 39.8 Å². The maximum Gasteiger partial charge on any atom is 0.191 e. The van der Waals surface area contributed by atoms with Gasteiger partial charge in [0.25, 0.3) is 0 Å². The third-order valence-corrected chi connectivity index (χ3v) is 5.82. The number of hydrogen-bond donors (Lipinski definition) is 2. The van der Waals surface area contributed by atoms with Crippen molar-refractivity contribution in [3.8, 4) is 0 Å². The third kappa shape index (κ3) is 9.14. The van der Waals surface area contributed by atoms with Gasteiger partial charge in [0.1, 0.15) is 5.82 Å². The Morgan fingerprint density at radius 3 is 2.45 bits per heavy atom. The summed E-state index contributed by atoms with van der Waals surface area (Å²) >= 11 is 0. The number of benzene rings is 1. The summed E-state index contributed by atoms with van der Waals surface area (Å²) < 4.78 is 36.9. The molecule has 1 saturated heterocycles. The van der Waals surface area contributed by atoms with Gasteiger partial charge in [0.2, 0.25) is 0 Å². The van der Waals surface area contributed by atoms with Crippen molar-refractivity contribution < 1.29 is 12.8 Å². The van der Waals surface area contributed by atoms with Crippen molar-refractivity contribution in [2.75, 3.05) is 53.1 Å². The van der Waals surface area contributed by atoms with E-state index in [9.17, 15) is 12.8 Å². The molecule has 1 aromatic carbocycles. The van der Waals surface area contributed by atoms with Crippen molar-refractivity contribution in [1.29, 1.82) is 0 Å². The van der Waals surface area contributed by atoms with Crippen LogP contribution in [-0.4, -0.2) is 83.3 Å². The van der Waals surface area contributed by atoms with E-state index in [1.165, 1.54) is 24.5 Å². The van der Waals surface area contributed by atoms with Crippen LogP contribution in [0.15, 0.2) is 23.2 Å². The molecule has 1 unspecified atom stereocenters. The molecule has 1 atom stereocenters. The highest BCUT2D eigenvalue weighted by Crippen LogP contribution is 2.14. The summed E-state index contributed by atoms with van der Waals surface area (Å²) in [7, 11) is 0.615. The minimum absolute atomic E-state index is 0. The van der Waals surface area contributed by atoms with Crippen molar-refractivity contribution in [2.45, 2.75) is 25.3 Å². The second-order valence-corrected chi connectivity index (χ2v) is 9.62. The summed E-state index contributed by atoms with van der Waals surface area (Å²) in [6.07, 6.45) is 1.17. The van der Waals surface area contributed by atoms with E-state index in [1.54, 1.807) is 7.05 Å². The fourth-order valence-electron chi connectivity index (χ4n) is 3.22. The molecule has 0 saturated carbocycles. The Labute approximate surface area is 191 Å². The van der Waals surface area contributed by atoms with Crippen molar-refractivity contribution in [3.63, 3.8) is 0 Å². The fraction of sp³-hybridized carbons (Fsp3) is 0.632. The molecule has 2 N–H and O–H groups in total. The predicted molar refractivity (Wildman–Crippen MR) is 127 cm³/mol. The van der Waals surface area contributed by atoms with Gasteiger partial charge in [-0.2, -0.15) is 0 Å². The number of nitrogens with one attached hydrogen (secondary N) is 2. The standard InChI is InChI=1S/C19H32FN5O2S.HI/c1-15(25-9-7-24(3)8-10-25)12-22-19(21-2)23-13-17-11-18(20)6-5-16(17)14-28(4,26)27;/h5-6,11,15H,7-10,12-14H2,1-4H3,(H2,21,22,23);1H. The summed E-state index contributed by atoms with van der Waals surface area (Å²) in [6.45, 7) is 7.45. The smallest absolute Gasteiger partial charge is 0.191 e.